The van der Waals surface area contributed by atoms with Crippen LogP contribution in [-0.2, 0) is 0 Å². The number of carbonyl (C=O) groups is 1. The molecule has 1 aliphatic heterocycles. The number of carbonyl (C=O) groups excluding carboxylic acids is 1. The molecule has 0 bridgehead atoms. The highest BCUT2D eigenvalue weighted by Gasteiger charge is 2.30. The molecule has 3 aromatic rings. The van der Waals surface area contributed by atoms with Gasteiger partial charge in [-0.25, -0.2) is 9.67 Å². The summed E-state index contributed by atoms with van der Waals surface area (Å²) in [6, 6.07) is 14.8. The smallest absolute Gasteiger partial charge is 0.277 e. The van der Waals surface area contributed by atoms with Crippen LogP contribution >= 0.6 is 0 Å². The molecule has 1 aromatic carbocycles. The van der Waals surface area contributed by atoms with Crippen LogP contribution in [0.4, 0.5) is 5.69 Å². The minimum Gasteiger partial charge on any atom is -0.486 e. The largest absolute Gasteiger partial charge is 0.486 e. The fourth-order valence-electron chi connectivity index (χ4n) is 2.92. The Labute approximate surface area is 145 Å². The van der Waals surface area contributed by atoms with Crippen LogP contribution in [-0.4, -0.2) is 33.3 Å². The molecule has 0 spiro atoms. The third-order valence-corrected chi connectivity index (χ3v) is 4.23. The SMILES string of the molecule is CC[C@@H]1CN(C(=O)c2cccc(-n3cccn3)n2)c2ccccc2O1. The Balaban J connectivity index is 1.70. The minimum absolute atomic E-state index is 0.0202. The van der Waals surface area contributed by atoms with Crippen LogP contribution in [0.1, 0.15) is 23.8 Å². The summed E-state index contributed by atoms with van der Waals surface area (Å²) in [5.41, 5.74) is 1.17. The van der Waals surface area contributed by atoms with Crippen LogP contribution in [0.5, 0.6) is 5.75 Å². The summed E-state index contributed by atoms with van der Waals surface area (Å²) >= 11 is 0. The van der Waals surface area contributed by atoms with Crippen molar-refractivity contribution in [3.63, 3.8) is 0 Å². The van der Waals surface area contributed by atoms with Crippen molar-refractivity contribution in [3.05, 3.63) is 66.6 Å². The Bertz CT molecular complexity index is 892. The molecule has 3 heterocycles. The summed E-state index contributed by atoms with van der Waals surface area (Å²) in [6.07, 6.45) is 4.29. The Morgan fingerprint density at radius 3 is 2.88 bits per heavy atom. The number of benzene rings is 1. The second-order valence-corrected chi connectivity index (χ2v) is 5.86. The van der Waals surface area contributed by atoms with Crippen LogP contribution < -0.4 is 9.64 Å². The zero-order chi connectivity index (χ0) is 17.2. The third-order valence-electron chi connectivity index (χ3n) is 4.23. The fraction of sp³-hybridized carbons (Fsp3) is 0.211. The highest BCUT2D eigenvalue weighted by molar-refractivity contribution is 6.06. The first-order chi connectivity index (χ1) is 12.3. The molecule has 2 aromatic heterocycles. The molecular formula is C19H18N4O2. The van der Waals surface area contributed by atoms with E-state index in [0.29, 0.717) is 18.1 Å². The minimum atomic E-state index is -0.136. The highest BCUT2D eigenvalue weighted by atomic mass is 16.5. The molecule has 1 amide bonds. The number of rotatable bonds is 3. The third kappa shape index (κ3) is 2.87. The summed E-state index contributed by atoms with van der Waals surface area (Å²) in [5, 5.41) is 4.17. The number of hydrogen-bond acceptors (Lipinski definition) is 4. The lowest BCUT2D eigenvalue weighted by atomic mass is 10.1. The first kappa shape index (κ1) is 15.4. The molecule has 0 saturated heterocycles. The van der Waals surface area contributed by atoms with E-state index in [1.807, 2.05) is 42.5 Å². The van der Waals surface area contributed by atoms with Crippen molar-refractivity contribution >= 4 is 11.6 Å². The van der Waals surface area contributed by atoms with E-state index in [4.69, 9.17) is 4.74 Å². The molecule has 6 heteroatoms. The van der Waals surface area contributed by atoms with Crippen LogP contribution in [0.15, 0.2) is 60.9 Å². The van der Waals surface area contributed by atoms with Gasteiger partial charge in [0.05, 0.1) is 12.2 Å². The van der Waals surface area contributed by atoms with Crippen molar-refractivity contribution in [2.45, 2.75) is 19.4 Å². The van der Waals surface area contributed by atoms with Crippen molar-refractivity contribution in [2.75, 3.05) is 11.4 Å². The maximum atomic E-state index is 13.1. The maximum Gasteiger partial charge on any atom is 0.277 e. The van der Waals surface area contributed by atoms with E-state index in [1.54, 1.807) is 28.0 Å². The van der Waals surface area contributed by atoms with Gasteiger partial charge in [-0.2, -0.15) is 5.10 Å². The van der Waals surface area contributed by atoms with Crippen LogP contribution in [0.2, 0.25) is 0 Å². The Morgan fingerprint density at radius 1 is 1.20 bits per heavy atom. The van der Waals surface area contributed by atoms with E-state index in [0.717, 1.165) is 17.9 Å². The fourth-order valence-corrected chi connectivity index (χ4v) is 2.92. The van der Waals surface area contributed by atoms with Crippen molar-refractivity contribution in [3.8, 4) is 11.6 Å². The average Bonchev–Trinajstić information content (AvgIpc) is 3.21. The predicted molar refractivity (Wildman–Crippen MR) is 94.2 cm³/mol. The van der Waals surface area contributed by atoms with Gasteiger partial charge >= 0.3 is 0 Å². The quantitative estimate of drug-likeness (QED) is 0.738. The lowest BCUT2D eigenvalue weighted by Gasteiger charge is -2.34. The van der Waals surface area contributed by atoms with Gasteiger partial charge in [-0.1, -0.05) is 25.1 Å². The number of fused-ring (bicyclic) bond motifs is 1. The average molecular weight is 334 g/mol. The Kier molecular flexibility index (Phi) is 3.93. The number of nitrogens with zero attached hydrogens (tertiary/aromatic N) is 4. The normalized spacial score (nSPS) is 16.2. The van der Waals surface area contributed by atoms with E-state index in [1.165, 1.54) is 0 Å². The van der Waals surface area contributed by atoms with Gasteiger partial charge in [0.25, 0.3) is 5.91 Å². The van der Waals surface area contributed by atoms with Gasteiger partial charge in [0, 0.05) is 12.4 Å². The zero-order valence-electron chi connectivity index (χ0n) is 13.9. The summed E-state index contributed by atoms with van der Waals surface area (Å²) in [7, 11) is 0. The van der Waals surface area contributed by atoms with Gasteiger partial charge in [0.1, 0.15) is 17.5 Å². The molecule has 0 radical (unpaired) electrons. The predicted octanol–water partition coefficient (Wildman–Crippen LogP) is 3.09. The molecule has 4 rings (SSSR count). The molecule has 0 aliphatic carbocycles. The first-order valence-corrected chi connectivity index (χ1v) is 8.31. The van der Waals surface area contributed by atoms with E-state index < -0.39 is 0 Å². The van der Waals surface area contributed by atoms with Gasteiger partial charge < -0.3 is 4.74 Å². The molecule has 1 atom stereocenters. The maximum absolute atomic E-state index is 13.1. The second-order valence-electron chi connectivity index (χ2n) is 5.86. The Hall–Kier alpha value is -3.15. The summed E-state index contributed by atoms with van der Waals surface area (Å²) < 4.78 is 7.59. The topological polar surface area (TPSA) is 60.2 Å². The molecule has 0 unspecified atom stereocenters. The monoisotopic (exact) mass is 334 g/mol. The van der Waals surface area contributed by atoms with Crippen molar-refractivity contribution in [1.29, 1.82) is 0 Å². The number of pyridine rings is 1. The van der Waals surface area contributed by atoms with E-state index in [2.05, 4.69) is 17.0 Å². The number of anilines is 1. The molecule has 6 nitrogen and oxygen atoms in total. The van der Waals surface area contributed by atoms with Crippen molar-refractivity contribution in [1.82, 2.24) is 14.8 Å². The van der Waals surface area contributed by atoms with Gasteiger partial charge in [-0.3, -0.25) is 9.69 Å². The highest BCUT2D eigenvalue weighted by Crippen LogP contribution is 2.34. The van der Waals surface area contributed by atoms with E-state index >= 15 is 0 Å². The molecule has 126 valence electrons. The second kappa shape index (κ2) is 6.39. The molecule has 0 fully saturated rings. The van der Waals surface area contributed by atoms with Crippen LogP contribution in [0, 0.1) is 0 Å². The number of ether oxygens (including phenoxy) is 1. The van der Waals surface area contributed by atoms with Gasteiger partial charge in [-0.05, 0) is 36.8 Å². The number of para-hydroxylation sites is 2. The molecular weight excluding hydrogens is 316 g/mol. The van der Waals surface area contributed by atoms with Gasteiger partial charge in [0.15, 0.2) is 5.82 Å². The van der Waals surface area contributed by atoms with E-state index in [-0.39, 0.29) is 12.0 Å². The summed E-state index contributed by atoms with van der Waals surface area (Å²) in [4.78, 5) is 19.4. The molecule has 1 aliphatic rings. The Morgan fingerprint density at radius 2 is 2.08 bits per heavy atom. The molecule has 25 heavy (non-hydrogen) atoms. The van der Waals surface area contributed by atoms with Crippen molar-refractivity contribution in [2.24, 2.45) is 0 Å². The molecule has 0 N–H and O–H groups in total. The van der Waals surface area contributed by atoms with Crippen LogP contribution in [0.25, 0.3) is 5.82 Å². The zero-order valence-corrected chi connectivity index (χ0v) is 13.9. The van der Waals surface area contributed by atoms with Gasteiger partial charge in [0.2, 0.25) is 0 Å². The lowest BCUT2D eigenvalue weighted by Crippen LogP contribution is -2.43. The van der Waals surface area contributed by atoms with E-state index in [9.17, 15) is 4.79 Å². The van der Waals surface area contributed by atoms with Crippen LogP contribution in [0.3, 0.4) is 0 Å². The number of hydrogen-bond donors (Lipinski definition) is 0. The van der Waals surface area contributed by atoms with Gasteiger partial charge in [-0.15, -0.1) is 0 Å². The summed E-state index contributed by atoms with van der Waals surface area (Å²) in [5.74, 6) is 1.21. The summed E-state index contributed by atoms with van der Waals surface area (Å²) in [6.45, 7) is 2.57. The number of amides is 1. The standard InChI is InChI=1S/C19H18N4O2/c1-2-14-13-22(16-8-3-4-9-17(16)25-14)19(24)15-7-5-10-18(21-15)23-12-6-11-20-23/h3-12,14H,2,13H2,1H3/t14-/m1/s1. The number of aromatic nitrogens is 3. The first-order valence-electron chi connectivity index (χ1n) is 8.31. The molecule has 0 saturated carbocycles. The van der Waals surface area contributed by atoms with Crippen molar-refractivity contribution < 1.29 is 9.53 Å². The lowest BCUT2D eigenvalue weighted by molar-refractivity contribution is 0.0949.